The van der Waals surface area contributed by atoms with Crippen molar-refractivity contribution in [3.8, 4) is 0 Å². The SMILES string of the molecule is CC(C)OP(=O)(OC(C)C)C(Nc1ccccc1Cl)c1cccc([N+](=O)[O-])c1. The maximum Gasteiger partial charge on any atom is 0.357 e. The van der Waals surface area contributed by atoms with Gasteiger partial charge in [0.15, 0.2) is 5.78 Å². The summed E-state index contributed by atoms with van der Waals surface area (Å²) in [6, 6.07) is 12.8. The molecule has 0 spiro atoms. The molecule has 0 amide bonds. The minimum absolute atomic E-state index is 0.121. The third kappa shape index (κ3) is 5.79. The van der Waals surface area contributed by atoms with Gasteiger partial charge in [0.1, 0.15) is 0 Å². The number of benzene rings is 2. The third-order valence-electron chi connectivity index (χ3n) is 3.59. The van der Waals surface area contributed by atoms with Gasteiger partial charge in [-0.3, -0.25) is 14.7 Å². The van der Waals surface area contributed by atoms with E-state index in [9.17, 15) is 14.7 Å². The number of rotatable bonds is 9. The van der Waals surface area contributed by atoms with Crippen LogP contribution in [0.4, 0.5) is 11.4 Å². The molecular formula is C19H24ClN2O5P. The molecule has 0 aromatic heterocycles. The van der Waals surface area contributed by atoms with E-state index in [1.54, 1.807) is 58.0 Å². The van der Waals surface area contributed by atoms with Crippen molar-refractivity contribution in [2.45, 2.75) is 45.7 Å². The molecule has 152 valence electrons. The summed E-state index contributed by atoms with van der Waals surface area (Å²) in [7, 11) is -3.79. The molecule has 0 aliphatic heterocycles. The Balaban J connectivity index is 2.59. The van der Waals surface area contributed by atoms with E-state index >= 15 is 0 Å². The Bertz CT molecular complexity index is 861. The average molecular weight is 427 g/mol. The Labute approximate surface area is 169 Å². The van der Waals surface area contributed by atoms with Gasteiger partial charge >= 0.3 is 7.60 Å². The van der Waals surface area contributed by atoms with Crippen molar-refractivity contribution in [1.29, 1.82) is 0 Å². The van der Waals surface area contributed by atoms with Crippen LogP contribution in [0.1, 0.15) is 39.0 Å². The topological polar surface area (TPSA) is 90.7 Å². The van der Waals surface area contributed by atoms with Gasteiger partial charge in [-0.2, -0.15) is 0 Å². The molecule has 2 aromatic rings. The van der Waals surface area contributed by atoms with Crippen LogP contribution in [-0.2, 0) is 13.6 Å². The molecule has 0 radical (unpaired) electrons. The maximum absolute atomic E-state index is 13.8. The molecule has 0 saturated carbocycles. The van der Waals surface area contributed by atoms with Crippen LogP contribution in [0.25, 0.3) is 0 Å². The summed E-state index contributed by atoms with van der Waals surface area (Å²) in [5, 5.41) is 14.8. The van der Waals surface area contributed by atoms with Crippen LogP contribution in [-0.4, -0.2) is 17.1 Å². The van der Waals surface area contributed by atoms with Crippen molar-refractivity contribution in [3.63, 3.8) is 0 Å². The number of hydrogen-bond donors (Lipinski definition) is 1. The number of halogens is 1. The Morgan fingerprint density at radius 1 is 1.04 bits per heavy atom. The lowest BCUT2D eigenvalue weighted by Gasteiger charge is -2.31. The molecule has 0 aliphatic rings. The fraction of sp³-hybridized carbons (Fsp3) is 0.368. The van der Waals surface area contributed by atoms with E-state index in [4.69, 9.17) is 20.6 Å². The van der Waals surface area contributed by atoms with Crippen molar-refractivity contribution >= 4 is 30.6 Å². The minimum atomic E-state index is -3.79. The molecule has 1 unspecified atom stereocenters. The van der Waals surface area contributed by atoms with Gasteiger partial charge in [-0.05, 0) is 45.4 Å². The van der Waals surface area contributed by atoms with E-state index in [0.717, 1.165) is 0 Å². The molecule has 1 atom stereocenters. The molecule has 0 heterocycles. The molecular weight excluding hydrogens is 403 g/mol. The van der Waals surface area contributed by atoms with E-state index in [-0.39, 0.29) is 17.9 Å². The summed E-state index contributed by atoms with van der Waals surface area (Å²) >= 11 is 6.26. The van der Waals surface area contributed by atoms with Crippen molar-refractivity contribution in [3.05, 3.63) is 69.2 Å². The number of nitrogens with one attached hydrogen (secondary N) is 1. The normalized spacial score (nSPS) is 13.0. The highest BCUT2D eigenvalue weighted by molar-refractivity contribution is 7.54. The summed E-state index contributed by atoms with van der Waals surface area (Å²) in [6.07, 6.45) is -0.780. The first-order valence-corrected chi connectivity index (χ1v) is 10.8. The molecule has 2 aromatic carbocycles. The predicted octanol–water partition coefficient (Wildman–Crippen LogP) is 6.40. The first-order valence-electron chi connectivity index (χ1n) is 8.84. The predicted molar refractivity (Wildman–Crippen MR) is 111 cm³/mol. The molecule has 1 N–H and O–H groups in total. The van der Waals surface area contributed by atoms with E-state index < -0.39 is 18.3 Å². The zero-order valence-electron chi connectivity index (χ0n) is 16.2. The van der Waals surface area contributed by atoms with E-state index in [2.05, 4.69) is 5.32 Å². The maximum atomic E-state index is 13.8. The molecule has 7 nitrogen and oxygen atoms in total. The standard InChI is InChI=1S/C19H24ClN2O5P/c1-13(2)26-28(25,27-14(3)4)19(21-18-11-6-5-10-17(18)20)15-8-7-9-16(12-15)22(23)24/h5-14,19,21H,1-4H3. The lowest BCUT2D eigenvalue weighted by molar-refractivity contribution is -0.384. The molecule has 0 fully saturated rings. The zero-order chi connectivity index (χ0) is 20.9. The molecule has 28 heavy (non-hydrogen) atoms. The van der Waals surface area contributed by atoms with E-state index in [1.807, 2.05) is 0 Å². The highest BCUT2D eigenvalue weighted by atomic mass is 35.5. The second kappa shape index (κ2) is 9.52. The van der Waals surface area contributed by atoms with E-state index in [1.165, 1.54) is 18.2 Å². The monoisotopic (exact) mass is 426 g/mol. The minimum Gasteiger partial charge on any atom is -0.367 e. The highest BCUT2D eigenvalue weighted by Gasteiger charge is 2.40. The number of nitro benzene ring substituents is 1. The summed E-state index contributed by atoms with van der Waals surface area (Å²) in [5.41, 5.74) is 0.795. The Hall–Kier alpha value is -1.92. The summed E-state index contributed by atoms with van der Waals surface area (Å²) in [5.74, 6) is -0.989. The summed E-state index contributed by atoms with van der Waals surface area (Å²) < 4.78 is 25.3. The van der Waals surface area contributed by atoms with Gasteiger partial charge < -0.3 is 14.4 Å². The van der Waals surface area contributed by atoms with Crippen molar-refractivity contribution in [2.75, 3.05) is 5.32 Å². The van der Waals surface area contributed by atoms with Crippen LogP contribution in [0.3, 0.4) is 0 Å². The van der Waals surface area contributed by atoms with Gasteiger partial charge in [-0.1, -0.05) is 35.9 Å². The van der Waals surface area contributed by atoms with Crippen LogP contribution in [0.2, 0.25) is 5.02 Å². The molecule has 0 aliphatic carbocycles. The fourth-order valence-corrected chi connectivity index (χ4v) is 5.09. The van der Waals surface area contributed by atoms with Gasteiger partial charge in [0.2, 0.25) is 0 Å². The first kappa shape index (κ1) is 22.4. The number of nitrogens with zero attached hydrogens (tertiary/aromatic N) is 1. The summed E-state index contributed by atoms with van der Waals surface area (Å²) in [6.45, 7) is 6.99. The Morgan fingerprint density at radius 2 is 1.64 bits per heavy atom. The highest BCUT2D eigenvalue weighted by Crippen LogP contribution is 2.62. The molecule has 0 bridgehead atoms. The largest absolute Gasteiger partial charge is 0.367 e. The van der Waals surface area contributed by atoms with Crippen LogP contribution in [0.5, 0.6) is 0 Å². The van der Waals surface area contributed by atoms with Crippen LogP contribution in [0.15, 0.2) is 48.5 Å². The van der Waals surface area contributed by atoms with Gasteiger partial charge in [-0.15, -0.1) is 0 Å². The number of non-ortho nitro benzene ring substituents is 1. The second-order valence-corrected chi connectivity index (χ2v) is 9.15. The van der Waals surface area contributed by atoms with Crippen molar-refractivity contribution in [2.24, 2.45) is 0 Å². The fourth-order valence-electron chi connectivity index (χ4n) is 2.61. The second-order valence-electron chi connectivity index (χ2n) is 6.73. The van der Waals surface area contributed by atoms with Gasteiger partial charge in [0, 0.05) is 12.1 Å². The van der Waals surface area contributed by atoms with Gasteiger partial charge in [0.25, 0.3) is 5.69 Å². The van der Waals surface area contributed by atoms with Crippen LogP contribution >= 0.6 is 19.2 Å². The molecule has 2 rings (SSSR count). The third-order valence-corrected chi connectivity index (χ3v) is 6.41. The van der Waals surface area contributed by atoms with E-state index in [0.29, 0.717) is 16.3 Å². The zero-order valence-corrected chi connectivity index (χ0v) is 17.8. The quantitative estimate of drug-likeness (QED) is 0.283. The Kier molecular flexibility index (Phi) is 7.61. The van der Waals surface area contributed by atoms with Gasteiger partial charge in [0.05, 0.1) is 27.8 Å². The number of nitro groups is 1. The Morgan fingerprint density at radius 3 is 2.18 bits per heavy atom. The van der Waals surface area contributed by atoms with Crippen molar-refractivity contribution < 1.29 is 18.5 Å². The first-order chi connectivity index (χ1) is 13.1. The lowest BCUT2D eigenvalue weighted by Crippen LogP contribution is -2.19. The smallest absolute Gasteiger partial charge is 0.357 e. The van der Waals surface area contributed by atoms with Crippen molar-refractivity contribution in [1.82, 2.24) is 0 Å². The average Bonchev–Trinajstić information content (AvgIpc) is 2.59. The number of hydrogen-bond acceptors (Lipinski definition) is 6. The lowest BCUT2D eigenvalue weighted by atomic mass is 10.2. The van der Waals surface area contributed by atoms with Gasteiger partial charge in [-0.25, -0.2) is 0 Å². The van der Waals surface area contributed by atoms with Crippen LogP contribution in [0, 0.1) is 10.1 Å². The van der Waals surface area contributed by atoms with Crippen LogP contribution < -0.4 is 5.32 Å². The number of para-hydroxylation sites is 1. The molecule has 0 saturated heterocycles. The number of anilines is 1. The summed E-state index contributed by atoms with van der Waals surface area (Å²) in [4.78, 5) is 10.7. The molecule has 9 heteroatoms.